The lowest BCUT2D eigenvalue weighted by Gasteiger charge is -2.16. The van der Waals surface area contributed by atoms with E-state index in [0.29, 0.717) is 11.4 Å². The molecule has 0 amide bonds. The molecule has 0 spiro atoms. The molecule has 1 aromatic carbocycles. The second-order valence-corrected chi connectivity index (χ2v) is 3.24. The zero-order valence-corrected chi connectivity index (χ0v) is 8.56. The first-order valence-electron chi connectivity index (χ1n) is 4.19. The smallest absolute Gasteiger partial charge is 0.146 e. The number of hydrogen-bond donors (Lipinski definition) is 2. The summed E-state index contributed by atoms with van der Waals surface area (Å²) < 4.78 is 5.19. The third kappa shape index (κ3) is 1.30. The van der Waals surface area contributed by atoms with Crippen LogP contribution in [0.15, 0.2) is 0 Å². The Balaban J connectivity index is 3.56. The lowest BCUT2D eigenvalue weighted by atomic mass is 10.0. The van der Waals surface area contributed by atoms with Crippen molar-refractivity contribution in [3.05, 3.63) is 16.7 Å². The van der Waals surface area contributed by atoms with Gasteiger partial charge in [0.15, 0.2) is 0 Å². The lowest BCUT2D eigenvalue weighted by Crippen LogP contribution is -2.04. The molecule has 3 nitrogen and oxygen atoms in total. The normalized spacial score (nSPS) is 10.2. The number of benzene rings is 1. The van der Waals surface area contributed by atoms with Crippen molar-refractivity contribution in [1.29, 1.82) is 0 Å². The van der Waals surface area contributed by atoms with E-state index in [1.165, 1.54) is 0 Å². The summed E-state index contributed by atoms with van der Waals surface area (Å²) >= 11 is 0. The van der Waals surface area contributed by atoms with Gasteiger partial charge in [-0.05, 0) is 31.9 Å². The molecule has 4 N–H and O–H groups in total. The highest BCUT2D eigenvalue weighted by Crippen LogP contribution is 2.36. The van der Waals surface area contributed by atoms with Crippen LogP contribution in [0.25, 0.3) is 0 Å². The molecule has 72 valence electrons. The first-order chi connectivity index (χ1) is 6.00. The van der Waals surface area contributed by atoms with E-state index in [4.69, 9.17) is 16.2 Å². The summed E-state index contributed by atoms with van der Waals surface area (Å²) in [6, 6.07) is 0. The van der Waals surface area contributed by atoms with Crippen molar-refractivity contribution in [2.45, 2.75) is 20.8 Å². The van der Waals surface area contributed by atoms with Crippen molar-refractivity contribution in [2.24, 2.45) is 0 Å². The minimum absolute atomic E-state index is 0.687. The van der Waals surface area contributed by atoms with Crippen LogP contribution in [-0.2, 0) is 0 Å². The number of anilines is 2. The van der Waals surface area contributed by atoms with Crippen LogP contribution in [0.4, 0.5) is 11.4 Å². The van der Waals surface area contributed by atoms with Gasteiger partial charge in [0.05, 0.1) is 12.8 Å². The molecule has 0 bridgehead atoms. The second kappa shape index (κ2) is 3.17. The minimum Gasteiger partial charge on any atom is -0.494 e. The maximum atomic E-state index is 5.89. The molecule has 0 saturated heterocycles. The molecule has 0 aliphatic rings. The number of nitrogens with two attached hydrogens (primary N) is 2. The first kappa shape index (κ1) is 9.71. The van der Waals surface area contributed by atoms with Crippen molar-refractivity contribution in [2.75, 3.05) is 18.6 Å². The van der Waals surface area contributed by atoms with E-state index >= 15 is 0 Å². The second-order valence-electron chi connectivity index (χ2n) is 3.24. The van der Waals surface area contributed by atoms with Gasteiger partial charge in [0.2, 0.25) is 0 Å². The highest BCUT2D eigenvalue weighted by atomic mass is 16.5. The molecule has 1 aromatic rings. The van der Waals surface area contributed by atoms with E-state index in [-0.39, 0.29) is 0 Å². The van der Waals surface area contributed by atoms with Gasteiger partial charge in [-0.15, -0.1) is 0 Å². The van der Waals surface area contributed by atoms with Crippen LogP contribution in [-0.4, -0.2) is 7.11 Å². The van der Waals surface area contributed by atoms with Crippen LogP contribution >= 0.6 is 0 Å². The zero-order chi connectivity index (χ0) is 10.2. The number of nitrogen functional groups attached to an aromatic ring is 2. The third-order valence-electron chi connectivity index (χ3n) is 2.56. The predicted molar refractivity (Wildman–Crippen MR) is 56.0 cm³/mol. The molecule has 13 heavy (non-hydrogen) atoms. The fourth-order valence-electron chi connectivity index (χ4n) is 1.44. The van der Waals surface area contributed by atoms with Gasteiger partial charge in [0, 0.05) is 11.3 Å². The summed E-state index contributed by atoms with van der Waals surface area (Å²) in [6.07, 6.45) is 0. The highest BCUT2D eigenvalue weighted by Gasteiger charge is 2.13. The summed E-state index contributed by atoms with van der Waals surface area (Å²) in [5.41, 5.74) is 16.2. The third-order valence-corrected chi connectivity index (χ3v) is 2.56. The average Bonchev–Trinajstić information content (AvgIpc) is 2.13. The molecule has 0 heterocycles. The Morgan fingerprint density at radius 2 is 1.31 bits per heavy atom. The standard InChI is InChI=1S/C10H16N2O/c1-5-6(2)9(12)10(13-4)7(3)8(5)11/h11-12H2,1-4H3. The van der Waals surface area contributed by atoms with Gasteiger partial charge in [-0.2, -0.15) is 0 Å². The molecular formula is C10H16N2O. The lowest BCUT2D eigenvalue weighted by molar-refractivity contribution is 0.414. The van der Waals surface area contributed by atoms with Gasteiger partial charge in [0.25, 0.3) is 0 Å². The molecule has 0 atom stereocenters. The molecule has 3 heteroatoms. The van der Waals surface area contributed by atoms with Crippen LogP contribution in [0.1, 0.15) is 16.7 Å². The van der Waals surface area contributed by atoms with Crippen molar-refractivity contribution < 1.29 is 4.74 Å². The first-order valence-corrected chi connectivity index (χ1v) is 4.19. The Morgan fingerprint density at radius 3 is 1.77 bits per heavy atom. The number of methoxy groups -OCH3 is 1. The van der Waals surface area contributed by atoms with Crippen molar-refractivity contribution in [1.82, 2.24) is 0 Å². The molecule has 0 saturated carbocycles. The Kier molecular flexibility index (Phi) is 2.36. The van der Waals surface area contributed by atoms with E-state index in [0.717, 1.165) is 22.4 Å². The summed E-state index contributed by atoms with van der Waals surface area (Å²) in [7, 11) is 1.60. The van der Waals surface area contributed by atoms with E-state index in [1.807, 2.05) is 20.8 Å². The van der Waals surface area contributed by atoms with Crippen LogP contribution in [0.5, 0.6) is 5.75 Å². The van der Waals surface area contributed by atoms with Crippen molar-refractivity contribution >= 4 is 11.4 Å². The molecule has 0 radical (unpaired) electrons. The van der Waals surface area contributed by atoms with E-state index in [1.54, 1.807) is 7.11 Å². The summed E-state index contributed by atoms with van der Waals surface area (Å²) in [6.45, 7) is 5.83. The molecule has 0 aliphatic heterocycles. The van der Waals surface area contributed by atoms with Crippen LogP contribution in [0.2, 0.25) is 0 Å². The number of hydrogen-bond acceptors (Lipinski definition) is 3. The van der Waals surface area contributed by atoms with Gasteiger partial charge in [-0.1, -0.05) is 0 Å². The number of ether oxygens (including phenoxy) is 1. The fraction of sp³-hybridized carbons (Fsp3) is 0.400. The van der Waals surface area contributed by atoms with Gasteiger partial charge < -0.3 is 16.2 Å². The number of rotatable bonds is 1. The van der Waals surface area contributed by atoms with Crippen LogP contribution in [0.3, 0.4) is 0 Å². The summed E-state index contributed by atoms with van der Waals surface area (Å²) in [5, 5.41) is 0. The molecule has 0 unspecified atom stereocenters. The van der Waals surface area contributed by atoms with Crippen molar-refractivity contribution in [3.8, 4) is 5.75 Å². The quantitative estimate of drug-likeness (QED) is 0.648. The van der Waals surface area contributed by atoms with Gasteiger partial charge in [-0.25, -0.2) is 0 Å². The van der Waals surface area contributed by atoms with Crippen LogP contribution < -0.4 is 16.2 Å². The van der Waals surface area contributed by atoms with E-state index in [2.05, 4.69) is 0 Å². The Morgan fingerprint density at radius 1 is 0.846 bits per heavy atom. The predicted octanol–water partition coefficient (Wildman–Crippen LogP) is 1.78. The SMILES string of the molecule is COc1c(C)c(N)c(C)c(C)c1N. The fourth-order valence-corrected chi connectivity index (χ4v) is 1.44. The molecule has 0 aromatic heterocycles. The van der Waals surface area contributed by atoms with Crippen molar-refractivity contribution in [3.63, 3.8) is 0 Å². The maximum Gasteiger partial charge on any atom is 0.146 e. The maximum absolute atomic E-state index is 5.89. The monoisotopic (exact) mass is 180 g/mol. The highest BCUT2D eigenvalue weighted by molar-refractivity contribution is 5.73. The molecule has 0 fully saturated rings. The zero-order valence-electron chi connectivity index (χ0n) is 8.56. The Bertz CT molecular complexity index is 316. The van der Waals surface area contributed by atoms with E-state index in [9.17, 15) is 0 Å². The summed E-state index contributed by atoms with van der Waals surface area (Å²) in [4.78, 5) is 0. The molecule has 1 rings (SSSR count). The molecule has 0 aliphatic carbocycles. The topological polar surface area (TPSA) is 61.3 Å². The molecular weight excluding hydrogens is 164 g/mol. The van der Waals surface area contributed by atoms with Gasteiger partial charge in [-0.3, -0.25) is 0 Å². The van der Waals surface area contributed by atoms with Crippen LogP contribution in [0, 0.1) is 20.8 Å². The Hall–Kier alpha value is -1.38. The van der Waals surface area contributed by atoms with Gasteiger partial charge >= 0.3 is 0 Å². The largest absolute Gasteiger partial charge is 0.494 e. The summed E-state index contributed by atoms with van der Waals surface area (Å²) in [5.74, 6) is 0.695. The van der Waals surface area contributed by atoms with Gasteiger partial charge in [0.1, 0.15) is 5.75 Å². The minimum atomic E-state index is 0.687. The average molecular weight is 180 g/mol. The Labute approximate surface area is 78.7 Å². The van der Waals surface area contributed by atoms with E-state index < -0.39 is 0 Å².